The number of nitrogens with zero attached hydrogens (tertiary/aromatic N) is 2. The van der Waals surface area contributed by atoms with Gasteiger partial charge in [0.05, 0.1) is 0 Å². The third kappa shape index (κ3) is 3.13. The highest BCUT2D eigenvalue weighted by Gasteiger charge is 2.31. The predicted molar refractivity (Wildman–Crippen MR) is 85.6 cm³/mol. The zero-order chi connectivity index (χ0) is 14.8. The van der Waals surface area contributed by atoms with Gasteiger partial charge in [-0.05, 0) is 75.9 Å². The number of hydrogen-bond acceptors (Lipinski definition) is 2. The van der Waals surface area contributed by atoms with Crippen LogP contribution in [0.2, 0.25) is 0 Å². The molecule has 2 saturated heterocycles. The lowest BCUT2D eigenvalue weighted by molar-refractivity contribution is 0.0708. The lowest BCUT2D eigenvalue weighted by Crippen LogP contribution is -2.42. The van der Waals surface area contributed by atoms with Crippen molar-refractivity contribution in [3.05, 3.63) is 34.9 Å². The largest absolute Gasteiger partial charge is 0.334 e. The molecule has 21 heavy (non-hydrogen) atoms. The summed E-state index contributed by atoms with van der Waals surface area (Å²) >= 11 is 0. The van der Waals surface area contributed by atoms with Crippen LogP contribution in [0.4, 0.5) is 0 Å². The second-order valence-corrected chi connectivity index (χ2v) is 6.60. The Kier molecular flexibility index (Phi) is 4.29. The lowest BCUT2D eigenvalue weighted by Gasteiger charge is -2.28. The summed E-state index contributed by atoms with van der Waals surface area (Å²) in [7, 11) is 0. The van der Waals surface area contributed by atoms with E-state index in [0.717, 1.165) is 31.5 Å². The molecule has 0 aliphatic carbocycles. The minimum atomic E-state index is 0.222. The first kappa shape index (κ1) is 14.6. The molecule has 3 heteroatoms. The van der Waals surface area contributed by atoms with Gasteiger partial charge in [0.1, 0.15) is 0 Å². The number of aryl methyl sites for hydroxylation is 2. The van der Waals surface area contributed by atoms with E-state index in [9.17, 15) is 4.79 Å². The summed E-state index contributed by atoms with van der Waals surface area (Å²) < 4.78 is 0. The number of likely N-dealkylation sites (tertiary alicyclic amines) is 2. The number of carbonyl (C=O) groups excluding carboxylic acids is 1. The summed E-state index contributed by atoms with van der Waals surface area (Å²) in [4.78, 5) is 17.4. The minimum absolute atomic E-state index is 0.222. The molecule has 0 bridgehead atoms. The SMILES string of the molecule is Cc1ccc(C(=O)N2CCC[C@H]2CN2CCCC2)cc1C. The predicted octanol–water partition coefficient (Wildman–Crippen LogP) is 3.00. The molecule has 1 aromatic carbocycles. The van der Waals surface area contributed by atoms with Gasteiger partial charge >= 0.3 is 0 Å². The van der Waals surface area contributed by atoms with Gasteiger partial charge in [0.15, 0.2) is 0 Å². The molecular formula is C18H26N2O. The number of rotatable bonds is 3. The van der Waals surface area contributed by atoms with Gasteiger partial charge in [-0.15, -0.1) is 0 Å². The average Bonchev–Trinajstić information content (AvgIpc) is 3.13. The van der Waals surface area contributed by atoms with Gasteiger partial charge in [0, 0.05) is 24.7 Å². The van der Waals surface area contributed by atoms with Gasteiger partial charge in [-0.1, -0.05) is 6.07 Å². The van der Waals surface area contributed by atoms with Crippen molar-refractivity contribution in [1.82, 2.24) is 9.80 Å². The van der Waals surface area contributed by atoms with Crippen LogP contribution < -0.4 is 0 Å². The lowest BCUT2D eigenvalue weighted by atomic mass is 10.1. The smallest absolute Gasteiger partial charge is 0.254 e. The molecule has 1 aromatic rings. The van der Waals surface area contributed by atoms with Crippen molar-refractivity contribution in [1.29, 1.82) is 0 Å². The molecule has 0 N–H and O–H groups in total. The van der Waals surface area contributed by atoms with Crippen LogP contribution in [0.15, 0.2) is 18.2 Å². The van der Waals surface area contributed by atoms with Gasteiger partial charge in [0.2, 0.25) is 0 Å². The maximum absolute atomic E-state index is 12.8. The van der Waals surface area contributed by atoms with Crippen LogP contribution in [-0.4, -0.2) is 47.9 Å². The quantitative estimate of drug-likeness (QED) is 0.853. The molecule has 1 atom stereocenters. The average molecular weight is 286 g/mol. The number of carbonyl (C=O) groups is 1. The highest BCUT2D eigenvalue weighted by Crippen LogP contribution is 2.23. The normalized spacial score (nSPS) is 23.0. The molecule has 3 rings (SSSR count). The highest BCUT2D eigenvalue weighted by atomic mass is 16.2. The third-order valence-electron chi connectivity index (χ3n) is 5.06. The standard InChI is InChI=1S/C18H26N2O/c1-14-7-8-16(12-15(14)2)18(21)20-11-5-6-17(20)13-19-9-3-4-10-19/h7-8,12,17H,3-6,9-11,13H2,1-2H3/t17-/m0/s1. The fraction of sp³-hybridized carbons (Fsp3) is 0.611. The Labute approximate surface area is 127 Å². The van der Waals surface area contributed by atoms with E-state index in [2.05, 4.69) is 29.7 Å². The zero-order valence-electron chi connectivity index (χ0n) is 13.3. The number of hydrogen-bond donors (Lipinski definition) is 0. The Balaban J connectivity index is 1.71. The van der Waals surface area contributed by atoms with Crippen molar-refractivity contribution in [2.75, 3.05) is 26.2 Å². The van der Waals surface area contributed by atoms with Gasteiger partial charge in [-0.25, -0.2) is 0 Å². The van der Waals surface area contributed by atoms with E-state index >= 15 is 0 Å². The molecule has 2 fully saturated rings. The van der Waals surface area contributed by atoms with Crippen molar-refractivity contribution >= 4 is 5.91 Å². The monoisotopic (exact) mass is 286 g/mol. The molecule has 3 nitrogen and oxygen atoms in total. The van der Waals surface area contributed by atoms with Crippen LogP contribution in [-0.2, 0) is 0 Å². The maximum atomic E-state index is 12.8. The summed E-state index contributed by atoms with van der Waals surface area (Å²) in [6.07, 6.45) is 4.94. The summed E-state index contributed by atoms with van der Waals surface area (Å²) in [5.74, 6) is 0.222. The van der Waals surface area contributed by atoms with E-state index in [1.807, 2.05) is 12.1 Å². The molecule has 0 radical (unpaired) electrons. The van der Waals surface area contributed by atoms with E-state index in [-0.39, 0.29) is 5.91 Å². The Morgan fingerprint density at radius 3 is 2.57 bits per heavy atom. The van der Waals surface area contributed by atoms with Crippen LogP contribution in [0, 0.1) is 13.8 Å². The molecule has 1 amide bonds. The van der Waals surface area contributed by atoms with Crippen molar-refractivity contribution in [3.8, 4) is 0 Å². The molecule has 0 saturated carbocycles. The fourth-order valence-corrected chi connectivity index (χ4v) is 3.60. The molecule has 2 heterocycles. The van der Waals surface area contributed by atoms with E-state index in [4.69, 9.17) is 0 Å². The zero-order valence-corrected chi connectivity index (χ0v) is 13.3. The minimum Gasteiger partial charge on any atom is -0.334 e. The van der Waals surface area contributed by atoms with E-state index in [1.54, 1.807) is 0 Å². The van der Waals surface area contributed by atoms with Crippen LogP contribution in [0.25, 0.3) is 0 Å². The maximum Gasteiger partial charge on any atom is 0.254 e. The van der Waals surface area contributed by atoms with Gasteiger partial charge in [-0.2, -0.15) is 0 Å². The molecule has 114 valence electrons. The Hall–Kier alpha value is -1.35. The second-order valence-electron chi connectivity index (χ2n) is 6.60. The van der Waals surface area contributed by atoms with Crippen molar-refractivity contribution in [2.24, 2.45) is 0 Å². The van der Waals surface area contributed by atoms with Gasteiger partial charge in [0.25, 0.3) is 5.91 Å². The van der Waals surface area contributed by atoms with E-state index < -0.39 is 0 Å². The summed E-state index contributed by atoms with van der Waals surface area (Å²) in [5.41, 5.74) is 3.31. The topological polar surface area (TPSA) is 23.6 Å². The first-order valence-corrected chi connectivity index (χ1v) is 8.26. The third-order valence-corrected chi connectivity index (χ3v) is 5.06. The van der Waals surface area contributed by atoms with Crippen LogP contribution in [0.1, 0.15) is 47.2 Å². The molecule has 0 spiro atoms. The first-order valence-electron chi connectivity index (χ1n) is 8.26. The Morgan fingerprint density at radius 2 is 1.86 bits per heavy atom. The number of amides is 1. The van der Waals surface area contributed by atoms with Crippen LogP contribution in [0.3, 0.4) is 0 Å². The molecular weight excluding hydrogens is 260 g/mol. The van der Waals surface area contributed by atoms with E-state index in [1.165, 1.54) is 37.1 Å². The van der Waals surface area contributed by atoms with E-state index in [0.29, 0.717) is 6.04 Å². The highest BCUT2D eigenvalue weighted by molar-refractivity contribution is 5.94. The molecule has 2 aliphatic rings. The van der Waals surface area contributed by atoms with Crippen LogP contribution in [0.5, 0.6) is 0 Å². The summed E-state index contributed by atoms with van der Waals surface area (Å²) in [5, 5.41) is 0. The van der Waals surface area contributed by atoms with Crippen molar-refractivity contribution < 1.29 is 4.79 Å². The summed E-state index contributed by atoms with van der Waals surface area (Å²) in [6.45, 7) is 8.58. The van der Waals surface area contributed by atoms with Gasteiger partial charge < -0.3 is 9.80 Å². The second kappa shape index (κ2) is 6.18. The Morgan fingerprint density at radius 1 is 1.10 bits per heavy atom. The van der Waals surface area contributed by atoms with Crippen molar-refractivity contribution in [2.45, 2.75) is 45.6 Å². The molecule has 0 unspecified atom stereocenters. The fourth-order valence-electron chi connectivity index (χ4n) is 3.60. The first-order chi connectivity index (χ1) is 10.1. The van der Waals surface area contributed by atoms with Crippen LogP contribution >= 0.6 is 0 Å². The molecule has 2 aliphatic heterocycles. The molecule has 0 aromatic heterocycles. The Bertz CT molecular complexity index is 520. The number of benzene rings is 1. The van der Waals surface area contributed by atoms with Gasteiger partial charge in [-0.3, -0.25) is 4.79 Å². The van der Waals surface area contributed by atoms with Crippen molar-refractivity contribution in [3.63, 3.8) is 0 Å². The summed E-state index contributed by atoms with van der Waals surface area (Å²) in [6, 6.07) is 6.50.